The summed E-state index contributed by atoms with van der Waals surface area (Å²) in [7, 11) is 0. The van der Waals surface area contributed by atoms with Gasteiger partial charge in [0, 0.05) is 0 Å². The molecule has 0 saturated carbocycles. The van der Waals surface area contributed by atoms with E-state index in [1.165, 1.54) is 10.7 Å². The fraction of sp³-hybridized carbons (Fsp3) is 0.364. The fourth-order valence-corrected chi connectivity index (χ4v) is 1.73. The van der Waals surface area contributed by atoms with Crippen LogP contribution in [0.4, 0.5) is 4.39 Å². The minimum absolute atomic E-state index is 0.0850. The van der Waals surface area contributed by atoms with Gasteiger partial charge in [-0.1, -0.05) is 13.3 Å². The Morgan fingerprint density at radius 1 is 1.56 bits per heavy atom. The predicted octanol–water partition coefficient (Wildman–Crippen LogP) is 2.00. The number of aryl methyl sites for hydroxylation is 2. The molecule has 2 rings (SSSR count). The molecule has 0 unspecified atom stereocenters. The third-order valence-electron chi connectivity index (χ3n) is 2.43. The van der Waals surface area contributed by atoms with E-state index in [4.69, 9.17) is 5.26 Å². The summed E-state index contributed by atoms with van der Waals surface area (Å²) in [6, 6.07) is 1.89. The van der Waals surface area contributed by atoms with Crippen LogP contribution in [0.25, 0.3) is 5.52 Å². The summed E-state index contributed by atoms with van der Waals surface area (Å²) in [4.78, 5) is 3.94. The van der Waals surface area contributed by atoms with Crippen molar-refractivity contribution in [3.63, 3.8) is 0 Å². The molecule has 0 radical (unpaired) electrons. The summed E-state index contributed by atoms with van der Waals surface area (Å²) in [5, 5.41) is 13.1. The number of fused-ring (bicyclic) bond motifs is 1. The molecule has 0 amide bonds. The van der Waals surface area contributed by atoms with Crippen LogP contribution in [0.15, 0.2) is 6.20 Å². The Morgan fingerprint density at radius 3 is 2.94 bits per heavy atom. The maximum Gasteiger partial charge on any atom is 0.170 e. The molecular weight excluding hydrogens is 207 g/mol. The van der Waals surface area contributed by atoms with E-state index in [9.17, 15) is 4.39 Å². The van der Waals surface area contributed by atoms with Crippen LogP contribution < -0.4 is 0 Å². The zero-order valence-corrected chi connectivity index (χ0v) is 9.16. The molecule has 0 aromatic carbocycles. The van der Waals surface area contributed by atoms with E-state index in [1.54, 1.807) is 6.92 Å². The van der Waals surface area contributed by atoms with E-state index >= 15 is 0 Å². The second kappa shape index (κ2) is 3.89. The summed E-state index contributed by atoms with van der Waals surface area (Å²) in [5.74, 6) is 0.0373. The Bertz CT molecular complexity index is 580. The van der Waals surface area contributed by atoms with Crippen molar-refractivity contribution in [1.29, 1.82) is 5.26 Å². The van der Waals surface area contributed by atoms with Gasteiger partial charge in [-0.25, -0.2) is 13.9 Å². The second-order valence-corrected chi connectivity index (χ2v) is 3.60. The number of aromatic nitrogens is 3. The molecule has 0 aliphatic rings. The summed E-state index contributed by atoms with van der Waals surface area (Å²) >= 11 is 0. The van der Waals surface area contributed by atoms with Gasteiger partial charge in [-0.15, -0.1) is 0 Å². The van der Waals surface area contributed by atoms with Gasteiger partial charge >= 0.3 is 0 Å². The van der Waals surface area contributed by atoms with Crippen LogP contribution in [-0.4, -0.2) is 14.6 Å². The zero-order chi connectivity index (χ0) is 11.7. The molecule has 2 aromatic rings. The predicted molar refractivity (Wildman–Crippen MR) is 56.4 cm³/mol. The Balaban J connectivity index is 2.82. The summed E-state index contributed by atoms with van der Waals surface area (Å²) in [5.41, 5.74) is 0.982. The lowest BCUT2D eigenvalue weighted by molar-refractivity contribution is 0.634. The van der Waals surface area contributed by atoms with Gasteiger partial charge in [-0.3, -0.25) is 0 Å². The highest BCUT2D eigenvalue weighted by Gasteiger charge is 2.18. The number of halogens is 1. The lowest BCUT2D eigenvalue weighted by Gasteiger charge is -2.00. The van der Waals surface area contributed by atoms with Gasteiger partial charge in [-0.05, 0) is 13.3 Å². The molecule has 82 valence electrons. The molecule has 2 aromatic heterocycles. The summed E-state index contributed by atoms with van der Waals surface area (Å²) in [6.07, 6.45) is 2.88. The first kappa shape index (κ1) is 10.6. The Labute approximate surface area is 92.3 Å². The number of hydrogen-bond acceptors (Lipinski definition) is 3. The Kier molecular flexibility index (Phi) is 2.57. The SMILES string of the molecule is CCCc1c(C#N)c(F)c2cnc(C)nn12. The maximum atomic E-state index is 13.8. The van der Waals surface area contributed by atoms with Gasteiger partial charge in [0.2, 0.25) is 0 Å². The summed E-state index contributed by atoms with van der Waals surface area (Å²) in [6.45, 7) is 3.71. The number of rotatable bonds is 2. The first-order valence-corrected chi connectivity index (χ1v) is 5.11. The van der Waals surface area contributed by atoms with Crippen molar-refractivity contribution in [3.05, 3.63) is 29.1 Å². The quantitative estimate of drug-likeness (QED) is 0.774. The summed E-state index contributed by atoms with van der Waals surface area (Å²) < 4.78 is 15.3. The van der Waals surface area contributed by atoms with Crippen LogP contribution in [0, 0.1) is 24.1 Å². The largest absolute Gasteiger partial charge is 0.237 e. The van der Waals surface area contributed by atoms with Gasteiger partial charge < -0.3 is 0 Å². The van der Waals surface area contributed by atoms with Crippen LogP contribution in [0.2, 0.25) is 0 Å². The zero-order valence-electron chi connectivity index (χ0n) is 9.16. The first-order valence-electron chi connectivity index (χ1n) is 5.11. The molecule has 0 aliphatic heterocycles. The molecule has 2 heterocycles. The molecule has 0 aliphatic carbocycles. The van der Waals surface area contributed by atoms with Crippen molar-refractivity contribution in [2.24, 2.45) is 0 Å². The molecule has 5 heteroatoms. The fourth-order valence-electron chi connectivity index (χ4n) is 1.73. The number of nitriles is 1. The maximum absolute atomic E-state index is 13.8. The third-order valence-corrected chi connectivity index (χ3v) is 2.43. The molecule has 4 nitrogen and oxygen atoms in total. The van der Waals surface area contributed by atoms with Crippen LogP contribution >= 0.6 is 0 Å². The average molecular weight is 218 g/mol. The molecule has 0 atom stereocenters. The van der Waals surface area contributed by atoms with Crippen molar-refractivity contribution in [1.82, 2.24) is 14.6 Å². The highest BCUT2D eigenvalue weighted by Crippen LogP contribution is 2.21. The van der Waals surface area contributed by atoms with Crippen molar-refractivity contribution in [2.75, 3.05) is 0 Å². The highest BCUT2D eigenvalue weighted by atomic mass is 19.1. The van der Waals surface area contributed by atoms with E-state index in [2.05, 4.69) is 10.1 Å². The lowest BCUT2D eigenvalue weighted by atomic mass is 10.2. The third kappa shape index (κ3) is 1.43. The molecule has 0 N–H and O–H groups in total. The topological polar surface area (TPSA) is 54.0 Å². The Hall–Kier alpha value is -1.96. The van der Waals surface area contributed by atoms with Crippen LogP contribution in [-0.2, 0) is 6.42 Å². The highest BCUT2D eigenvalue weighted by molar-refractivity contribution is 5.56. The van der Waals surface area contributed by atoms with E-state index in [1.807, 2.05) is 13.0 Å². The minimum Gasteiger partial charge on any atom is -0.237 e. The van der Waals surface area contributed by atoms with E-state index < -0.39 is 5.82 Å². The monoisotopic (exact) mass is 218 g/mol. The average Bonchev–Trinajstić information content (AvgIpc) is 2.52. The molecule has 0 bridgehead atoms. The van der Waals surface area contributed by atoms with Gasteiger partial charge in [0.15, 0.2) is 5.82 Å². The second-order valence-electron chi connectivity index (χ2n) is 3.60. The van der Waals surface area contributed by atoms with Gasteiger partial charge in [0.05, 0.1) is 11.9 Å². The molecular formula is C11H11FN4. The van der Waals surface area contributed by atoms with E-state index in [0.717, 1.165) is 6.42 Å². The van der Waals surface area contributed by atoms with E-state index in [-0.39, 0.29) is 11.1 Å². The standard InChI is InChI=1S/C11H11FN4/c1-3-4-9-8(5-13)11(12)10-6-14-7(2)15-16(9)10/h6H,3-4H2,1-2H3. The molecule has 0 spiro atoms. The lowest BCUT2D eigenvalue weighted by Crippen LogP contribution is -2.01. The van der Waals surface area contributed by atoms with E-state index in [0.29, 0.717) is 17.9 Å². The van der Waals surface area contributed by atoms with Crippen LogP contribution in [0.5, 0.6) is 0 Å². The van der Waals surface area contributed by atoms with Crippen molar-refractivity contribution in [2.45, 2.75) is 26.7 Å². The van der Waals surface area contributed by atoms with Crippen molar-refractivity contribution >= 4 is 5.52 Å². The van der Waals surface area contributed by atoms with Crippen molar-refractivity contribution in [3.8, 4) is 6.07 Å². The number of hydrogen-bond donors (Lipinski definition) is 0. The van der Waals surface area contributed by atoms with Crippen LogP contribution in [0.1, 0.15) is 30.4 Å². The normalized spacial score (nSPS) is 10.6. The van der Waals surface area contributed by atoms with Crippen molar-refractivity contribution < 1.29 is 4.39 Å². The van der Waals surface area contributed by atoms with Gasteiger partial charge in [-0.2, -0.15) is 10.4 Å². The first-order chi connectivity index (χ1) is 7.69. The molecule has 0 saturated heterocycles. The van der Waals surface area contributed by atoms with Gasteiger partial charge in [0.1, 0.15) is 23.0 Å². The Morgan fingerprint density at radius 2 is 2.31 bits per heavy atom. The number of nitrogens with zero attached hydrogens (tertiary/aromatic N) is 4. The smallest absolute Gasteiger partial charge is 0.170 e. The van der Waals surface area contributed by atoms with Crippen LogP contribution in [0.3, 0.4) is 0 Å². The van der Waals surface area contributed by atoms with Gasteiger partial charge in [0.25, 0.3) is 0 Å². The minimum atomic E-state index is -0.522. The molecule has 16 heavy (non-hydrogen) atoms. The molecule has 0 fully saturated rings.